The summed E-state index contributed by atoms with van der Waals surface area (Å²) in [5, 5.41) is 5.59. The first-order chi connectivity index (χ1) is 9.52. The molecule has 5 nitrogen and oxygen atoms in total. The largest absolute Gasteiger partial charge is 0.354 e. The summed E-state index contributed by atoms with van der Waals surface area (Å²) in [6.07, 6.45) is 6.58. The number of amides is 2. The summed E-state index contributed by atoms with van der Waals surface area (Å²) in [6.45, 7) is 4.80. The van der Waals surface area contributed by atoms with Crippen LogP contribution < -0.4 is 16.4 Å². The van der Waals surface area contributed by atoms with Gasteiger partial charge in [-0.15, -0.1) is 12.4 Å². The first kappa shape index (κ1) is 20.2. The van der Waals surface area contributed by atoms with Gasteiger partial charge in [0.1, 0.15) is 6.04 Å². The van der Waals surface area contributed by atoms with Gasteiger partial charge in [0.25, 0.3) is 0 Å². The highest BCUT2D eigenvalue weighted by Crippen LogP contribution is 2.26. The van der Waals surface area contributed by atoms with Gasteiger partial charge in [0.2, 0.25) is 11.8 Å². The molecule has 4 N–H and O–H groups in total. The van der Waals surface area contributed by atoms with Crippen molar-refractivity contribution in [2.45, 2.75) is 58.4 Å². The monoisotopic (exact) mass is 319 g/mol. The zero-order valence-corrected chi connectivity index (χ0v) is 14.0. The number of hydrogen-bond donors (Lipinski definition) is 3. The summed E-state index contributed by atoms with van der Waals surface area (Å²) in [5.41, 5.74) is 5.50. The topological polar surface area (TPSA) is 84.2 Å². The number of hydrogen-bond acceptors (Lipinski definition) is 3. The molecule has 6 heteroatoms. The summed E-state index contributed by atoms with van der Waals surface area (Å²) < 4.78 is 0. The highest BCUT2D eigenvalue weighted by Gasteiger charge is 2.20. The van der Waals surface area contributed by atoms with Gasteiger partial charge < -0.3 is 16.4 Å². The van der Waals surface area contributed by atoms with Crippen LogP contribution in [0.5, 0.6) is 0 Å². The summed E-state index contributed by atoms with van der Waals surface area (Å²) >= 11 is 0. The molecule has 0 aliphatic heterocycles. The highest BCUT2D eigenvalue weighted by atomic mass is 35.5. The van der Waals surface area contributed by atoms with Crippen LogP contribution in [0.4, 0.5) is 0 Å². The Morgan fingerprint density at radius 3 is 2.38 bits per heavy atom. The van der Waals surface area contributed by atoms with Crippen molar-refractivity contribution in [1.29, 1.82) is 0 Å². The Morgan fingerprint density at radius 2 is 1.81 bits per heavy atom. The number of carbonyl (C=O) groups is 2. The maximum absolute atomic E-state index is 11.9. The molecule has 0 spiro atoms. The number of nitrogens with one attached hydrogen (secondary N) is 2. The van der Waals surface area contributed by atoms with Crippen molar-refractivity contribution in [3.05, 3.63) is 0 Å². The normalized spacial score (nSPS) is 18.2. The van der Waals surface area contributed by atoms with E-state index in [4.69, 9.17) is 5.73 Å². The van der Waals surface area contributed by atoms with Crippen LogP contribution in [-0.4, -0.2) is 30.9 Å². The number of carbonyl (C=O) groups excluding carboxylic acids is 2. The molecular weight excluding hydrogens is 290 g/mol. The van der Waals surface area contributed by atoms with Gasteiger partial charge in [0.15, 0.2) is 0 Å². The lowest BCUT2D eigenvalue weighted by Gasteiger charge is -2.22. The number of rotatable bonds is 7. The minimum atomic E-state index is -0.476. The minimum Gasteiger partial charge on any atom is -0.354 e. The Morgan fingerprint density at radius 1 is 1.19 bits per heavy atom. The van der Waals surface area contributed by atoms with Gasteiger partial charge in [-0.25, -0.2) is 0 Å². The molecule has 0 heterocycles. The first-order valence-corrected chi connectivity index (χ1v) is 7.80. The zero-order valence-electron chi connectivity index (χ0n) is 13.2. The predicted molar refractivity (Wildman–Crippen MR) is 87.3 cm³/mol. The van der Waals surface area contributed by atoms with E-state index in [-0.39, 0.29) is 30.1 Å². The molecular formula is C15H30ClN3O2. The molecule has 0 aromatic carbocycles. The first-order valence-electron chi connectivity index (χ1n) is 7.80. The molecule has 0 radical (unpaired) electrons. The molecule has 1 rings (SSSR count). The third-order valence-corrected chi connectivity index (χ3v) is 4.00. The Labute approximate surface area is 134 Å². The lowest BCUT2D eigenvalue weighted by atomic mass is 9.87. The van der Waals surface area contributed by atoms with E-state index in [2.05, 4.69) is 10.6 Å². The van der Waals surface area contributed by atoms with Gasteiger partial charge >= 0.3 is 0 Å². The van der Waals surface area contributed by atoms with Crippen LogP contribution in [0, 0.1) is 11.8 Å². The fourth-order valence-electron chi connectivity index (χ4n) is 2.53. The summed E-state index contributed by atoms with van der Waals surface area (Å²) in [4.78, 5) is 23.7. The van der Waals surface area contributed by atoms with Crippen LogP contribution >= 0.6 is 12.4 Å². The van der Waals surface area contributed by atoms with Crippen LogP contribution in [0.3, 0.4) is 0 Å². The van der Waals surface area contributed by atoms with Crippen molar-refractivity contribution >= 4 is 24.2 Å². The minimum absolute atomic E-state index is 0. The Bertz CT molecular complexity index is 320. The van der Waals surface area contributed by atoms with Crippen molar-refractivity contribution in [1.82, 2.24) is 10.6 Å². The maximum Gasteiger partial charge on any atom is 0.242 e. The Hall–Kier alpha value is -0.810. The standard InChI is InChI=1S/C15H29N3O2.ClH/c1-11(9-16)10-17-15(20)12(2)18-14(19)8-13-6-4-3-5-7-13;/h11-13H,3-10,16H2,1-2H3,(H,17,20)(H,18,19);1H. The molecule has 1 aliphatic carbocycles. The quantitative estimate of drug-likeness (QED) is 0.666. The van der Waals surface area contributed by atoms with Gasteiger partial charge in [0, 0.05) is 13.0 Å². The fraction of sp³-hybridized carbons (Fsp3) is 0.867. The van der Waals surface area contributed by atoms with Crippen molar-refractivity contribution in [3.63, 3.8) is 0 Å². The van der Waals surface area contributed by atoms with Crippen LogP contribution in [0.2, 0.25) is 0 Å². The third kappa shape index (κ3) is 8.27. The van der Waals surface area contributed by atoms with Crippen LogP contribution in [0.25, 0.3) is 0 Å². The Balaban J connectivity index is 0.00000400. The van der Waals surface area contributed by atoms with E-state index in [0.717, 1.165) is 12.8 Å². The molecule has 2 unspecified atom stereocenters. The van der Waals surface area contributed by atoms with Gasteiger partial charge in [-0.3, -0.25) is 9.59 Å². The third-order valence-electron chi connectivity index (χ3n) is 4.00. The van der Waals surface area contributed by atoms with Crippen molar-refractivity contribution < 1.29 is 9.59 Å². The molecule has 2 amide bonds. The summed E-state index contributed by atoms with van der Waals surface area (Å²) in [6, 6.07) is -0.476. The van der Waals surface area contributed by atoms with Gasteiger partial charge in [-0.2, -0.15) is 0 Å². The molecule has 0 aromatic heterocycles. The molecule has 1 saturated carbocycles. The smallest absolute Gasteiger partial charge is 0.242 e. The molecule has 124 valence electrons. The molecule has 0 saturated heterocycles. The number of nitrogens with two attached hydrogens (primary N) is 1. The van der Waals surface area contributed by atoms with E-state index < -0.39 is 6.04 Å². The van der Waals surface area contributed by atoms with Crippen molar-refractivity contribution in [3.8, 4) is 0 Å². The molecule has 1 aliphatic rings. The second-order valence-corrected chi connectivity index (χ2v) is 6.08. The highest BCUT2D eigenvalue weighted by molar-refractivity contribution is 5.87. The van der Waals surface area contributed by atoms with E-state index in [9.17, 15) is 9.59 Å². The second-order valence-electron chi connectivity index (χ2n) is 6.08. The van der Waals surface area contributed by atoms with E-state index in [1.54, 1.807) is 6.92 Å². The average Bonchev–Trinajstić information content (AvgIpc) is 2.45. The summed E-state index contributed by atoms with van der Waals surface area (Å²) in [5.74, 6) is 0.606. The van der Waals surface area contributed by atoms with Crippen molar-refractivity contribution in [2.24, 2.45) is 17.6 Å². The van der Waals surface area contributed by atoms with E-state index in [1.165, 1.54) is 19.3 Å². The van der Waals surface area contributed by atoms with Gasteiger partial charge in [-0.1, -0.05) is 26.2 Å². The Kier molecular flexibility index (Phi) is 10.4. The zero-order chi connectivity index (χ0) is 15.0. The average molecular weight is 320 g/mol. The fourth-order valence-corrected chi connectivity index (χ4v) is 2.53. The van der Waals surface area contributed by atoms with E-state index in [0.29, 0.717) is 25.4 Å². The summed E-state index contributed by atoms with van der Waals surface area (Å²) in [7, 11) is 0. The SMILES string of the molecule is CC(CN)CNC(=O)C(C)NC(=O)CC1CCCCC1.Cl. The lowest BCUT2D eigenvalue weighted by Crippen LogP contribution is -2.46. The molecule has 0 aromatic rings. The van der Waals surface area contributed by atoms with Crippen LogP contribution in [0.1, 0.15) is 52.4 Å². The van der Waals surface area contributed by atoms with Gasteiger partial charge in [-0.05, 0) is 38.1 Å². The molecule has 21 heavy (non-hydrogen) atoms. The van der Waals surface area contributed by atoms with Crippen molar-refractivity contribution in [2.75, 3.05) is 13.1 Å². The lowest BCUT2D eigenvalue weighted by molar-refractivity contribution is -0.129. The van der Waals surface area contributed by atoms with Crippen LogP contribution in [-0.2, 0) is 9.59 Å². The molecule has 2 atom stereocenters. The van der Waals surface area contributed by atoms with Gasteiger partial charge in [0.05, 0.1) is 0 Å². The second kappa shape index (κ2) is 10.9. The van der Waals surface area contributed by atoms with E-state index in [1.807, 2.05) is 6.92 Å². The number of halogens is 1. The predicted octanol–water partition coefficient (Wildman–Crippen LogP) is 1.59. The molecule has 0 bridgehead atoms. The van der Waals surface area contributed by atoms with Crippen LogP contribution in [0.15, 0.2) is 0 Å². The maximum atomic E-state index is 11.9. The molecule has 1 fully saturated rings. The van der Waals surface area contributed by atoms with E-state index >= 15 is 0 Å².